The fourth-order valence-electron chi connectivity index (χ4n) is 4.55. The van der Waals surface area contributed by atoms with Crippen LogP contribution in [0.25, 0.3) is 0 Å². The molecule has 3 aromatic rings. The minimum atomic E-state index is -1.90. The molecule has 0 aliphatic heterocycles. The number of rotatable bonds is 17. The van der Waals surface area contributed by atoms with Crippen molar-refractivity contribution in [3.05, 3.63) is 63.3 Å². The van der Waals surface area contributed by atoms with Crippen molar-refractivity contribution in [2.45, 2.75) is 38.8 Å². The lowest BCUT2D eigenvalue weighted by Crippen LogP contribution is -2.29. The van der Waals surface area contributed by atoms with E-state index in [0.717, 1.165) is 20.6 Å². The van der Waals surface area contributed by atoms with Gasteiger partial charge in [-0.1, -0.05) is 13.3 Å². The van der Waals surface area contributed by atoms with Crippen LogP contribution < -0.4 is 28.6 Å². The number of ether oxygens (including phenoxy) is 7. The molecule has 0 N–H and O–H groups in total. The Morgan fingerprint density at radius 3 is 1.76 bits per heavy atom. The van der Waals surface area contributed by atoms with Gasteiger partial charge in [-0.25, -0.2) is 0 Å². The molecule has 0 aliphatic carbocycles. The third-order valence-electron chi connectivity index (χ3n) is 6.94. The number of methoxy groups -OCH3 is 6. The molecule has 248 valence electrons. The highest BCUT2D eigenvalue weighted by molar-refractivity contribution is 6.01. The predicted molar refractivity (Wildman–Crippen MR) is 165 cm³/mol. The van der Waals surface area contributed by atoms with Gasteiger partial charge in [-0.15, -0.1) is 0 Å². The number of carbonyl (C=O) groups is 2. The summed E-state index contributed by atoms with van der Waals surface area (Å²) in [5.41, 5.74) is -0.0514. The van der Waals surface area contributed by atoms with E-state index in [2.05, 4.69) is 9.97 Å². The van der Waals surface area contributed by atoms with Crippen molar-refractivity contribution in [1.82, 2.24) is 9.97 Å². The number of nitro groups is 1. The Kier molecular flexibility index (Phi) is 12.7. The molecule has 0 bridgehead atoms. The van der Waals surface area contributed by atoms with Gasteiger partial charge in [0.15, 0.2) is 5.69 Å². The second-order valence-electron chi connectivity index (χ2n) is 9.71. The van der Waals surface area contributed by atoms with E-state index in [1.165, 1.54) is 28.4 Å². The quantitative estimate of drug-likeness (QED) is 0.0673. The number of benzene rings is 2. The van der Waals surface area contributed by atoms with Crippen LogP contribution in [0.3, 0.4) is 0 Å². The number of hydrogen-bond donors (Lipinski definition) is 0. The molecule has 1 aromatic heterocycles. The molecule has 0 atom stereocenters. The lowest BCUT2D eigenvalue weighted by atomic mass is 10.0. The van der Waals surface area contributed by atoms with Gasteiger partial charge in [0.25, 0.3) is 0 Å². The number of hydrogen-bond acceptors (Lipinski definition) is 14. The number of carbonyl (C=O) groups excluding carboxylic acids is 2. The first-order chi connectivity index (χ1) is 22.1. The number of unbranched alkanes of at least 4 members (excludes halogenated alkanes) is 1. The van der Waals surface area contributed by atoms with Crippen molar-refractivity contribution in [3.63, 3.8) is 0 Å². The molecule has 46 heavy (non-hydrogen) atoms. The average molecular weight is 643 g/mol. The van der Waals surface area contributed by atoms with Gasteiger partial charge in [0, 0.05) is 36.3 Å². The van der Waals surface area contributed by atoms with Crippen LogP contribution in [0.5, 0.6) is 29.0 Å². The summed E-state index contributed by atoms with van der Waals surface area (Å²) in [6.45, 7) is 2.12. The highest BCUT2D eigenvalue weighted by Gasteiger charge is 2.42. The minimum Gasteiger partial charge on any atom is -0.497 e. The molecule has 15 heteroatoms. The number of esters is 2. The maximum absolute atomic E-state index is 12.9. The zero-order valence-corrected chi connectivity index (χ0v) is 26.9. The number of anilines is 1. The second kappa shape index (κ2) is 16.7. The first-order valence-electron chi connectivity index (χ1n) is 14.2. The molecule has 3 rings (SSSR count). The second-order valence-corrected chi connectivity index (χ2v) is 9.71. The highest BCUT2D eigenvalue weighted by atomic mass is 16.6. The molecular weight excluding hydrogens is 604 g/mol. The van der Waals surface area contributed by atoms with Crippen LogP contribution in [0.2, 0.25) is 0 Å². The fourth-order valence-corrected chi connectivity index (χ4v) is 4.55. The van der Waals surface area contributed by atoms with Gasteiger partial charge in [-0.3, -0.25) is 19.7 Å². The number of aromatic nitrogens is 2. The van der Waals surface area contributed by atoms with E-state index in [1.807, 2.05) is 6.92 Å². The summed E-state index contributed by atoms with van der Waals surface area (Å²) in [6, 6.07) is 9.98. The summed E-state index contributed by atoms with van der Waals surface area (Å²) >= 11 is 0. The van der Waals surface area contributed by atoms with E-state index < -0.39 is 34.2 Å². The predicted octanol–water partition coefficient (Wildman–Crippen LogP) is 4.23. The van der Waals surface area contributed by atoms with Gasteiger partial charge in [0.1, 0.15) is 23.0 Å². The topological polar surface area (TPSA) is 171 Å². The zero-order valence-electron chi connectivity index (χ0n) is 26.9. The van der Waals surface area contributed by atoms with Gasteiger partial charge in [0.05, 0.1) is 54.2 Å². The molecule has 0 amide bonds. The van der Waals surface area contributed by atoms with Gasteiger partial charge in [0.2, 0.25) is 11.7 Å². The van der Waals surface area contributed by atoms with Crippen LogP contribution in [0, 0.1) is 10.1 Å². The maximum Gasteiger partial charge on any atom is 0.334 e. The van der Waals surface area contributed by atoms with E-state index in [1.54, 1.807) is 41.3 Å². The third kappa shape index (κ3) is 8.22. The van der Waals surface area contributed by atoms with Crippen LogP contribution in [0.15, 0.2) is 36.4 Å². The molecule has 0 spiro atoms. The highest BCUT2D eigenvalue weighted by Crippen LogP contribution is 2.39. The van der Waals surface area contributed by atoms with Crippen molar-refractivity contribution in [3.8, 4) is 29.0 Å². The van der Waals surface area contributed by atoms with E-state index in [-0.39, 0.29) is 31.5 Å². The van der Waals surface area contributed by atoms with Crippen LogP contribution >= 0.6 is 0 Å². The van der Waals surface area contributed by atoms with Crippen molar-refractivity contribution in [1.29, 1.82) is 0 Å². The molecule has 2 aromatic carbocycles. The van der Waals surface area contributed by atoms with E-state index in [0.29, 0.717) is 40.5 Å². The van der Waals surface area contributed by atoms with E-state index >= 15 is 0 Å². The van der Waals surface area contributed by atoms with Gasteiger partial charge in [-0.05, 0) is 30.7 Å². The first kappa shape index (κ1) is 35.1. The monoisotopic (exact) mass is 642 g/mol. The molecule has 0 aliphatic rings. The fraction of sp³-hybridized carbons (Fsp3) is 0.419. The SMILES string of the molecule is CCCCOc1nc(C(C(=O)OC)C(=O)OC)c([N+](=O)[O-])c(N(Cc2ccc(OC)cc2OC)Cc2ccc(OC)cc2OC)n1. The van der Waals surface area contributed by atoms with Crippen molar-refractivity contribution in [2.24, 2.45) is 0 Å². The van der Waals surface area contributed by atoms with Crippen molar-refractivity contribution >= 4 is 23.4 Å². The van der Waals surface area contributed by atoms with Gasteiger partial charge < -0.3 is 38.1 Å². The minimum absolute atomic E-state index is 0.00480. The van der Waals surface area contributed by atoms with E-state index in [9.17, 15) is 19.7 Å². The molecule has 1 heterocycles. The summed E-state index contributed by atoms with van der Waals surface area (Å²) in [7, 11) is 8.09. The Labute approximate surface area is 266 Å². The Morgan fingerprint density at radius 1 is 0.826 bits per heavy atom. The molecular formula is C31H38N4O11. The Morgan fingerprint density at radius 2 is 1.35 bits per heavy atom. The molecule has 0 radical (unpaired) electrons. The van der Waals surface area contributed by atoms with Crippen LogP contribution in [0.1, 0.15) is 42.5 Å². The zero-order chi connectivity index (χ0) is 33.8. The van der Waals surface area contributed by atoms with Crippen LogP contribution in [-0.4, -0.2) is 76.1 Å². The van der Waals surface area contributed by atoms with Gasteiger partial charge in [-0.2, -0.15) is 9.97 Å². The van der Waals surface area contributed by atoms with Crippen LogP contribution in [0.4, 0.5) is 11.5 Å². The Bertz CT molecular complexity index is 1460. The summed E-state index contributed by atoms with van der Waals surface area (Å²) < 4.78 is 37.3. The van der Waals surface area contributed by atoms with Crippen molar-refractivity contribution in [2.75, 3.05) is 54.2 Å². The van der Waals surface area contributed by atoms with Crippen LogP contribution in [-0.2, 0) is 32.2 Å². The maximum atomic E-state index is 12.9. The Balaban J connectivity index is 2.38. The lowest BCUT2D eigenvalue weighted by Gasteiger charge is -2.27. The molecule has 15 nitrogen and oxygen atoms in total. The molecule has 0 saturated heterocycles. The third-order valence-corrected chi connectivity index (χ3v) is 6.94. The summed E-state index contributed by atoms with van der Waals surface area (Å²) in [5, 5.41) is 12.8. The van der Waals surface area contributed by atoms with E-state index in [4.69, 9.17) is 33.2 Å². The molecule has 0 saturated carbocycles. The number of nitrogens with zero attached hydrogens (tertiary/aromatic N) is 4. The standard InChI is InChI=1S/C31H38N4O11/c1-8-9-14-46-31-32-26(25(29(36)44-6)30(37)45-7)27(35(38)39)28(33-31)34(17-19-10-12-21(40-2)15-23(19)42-4)18-20-11-13-22(41-3)16-24(20)43-5/h10-13,15-16,25H,8-9,14,17-18H2,1-7H3. The average Bonchev–Trinajstić information content (AvgIpc) is 3.07. The largest absolute Gasteiger partial charge is 0.497 e. The van der Waals surface area contributed by atoms with Gasteiger partial charge >= 0.3 is 23.6 Å². The summed E-state index contributed by atoms with van der Waals surface area (Å²) in [5.74, 6) is -2.43. The smallest absolute Gasteiger partial charge is 0.334 e. The lowest BCUT2D eigenvalue weighted by molar-refractivity contribution is -0.385. The molecule has 0 fully saturated rings. The van der Waals surface area contributed by atoms with Crippen molar-refractivity contribution < 1.29 is 47.7 Å². The Hall–Kier alpha value is -5.34. The first-order valence-corrected chi connectivity index (χ1v) is 14.2. The summed E-state index contributed by atoms with van der Waals surface area (Å²) in [4.78, 5) is 48.1. The normalized spacial score (nSPS) is 10.6. The molecule has 0 unspecified atom stereocenters. The summed E-state index contributed by atoms with van der Waals surface area (Å²) in [6.07, 6.45) is 1.40.